The van der Waals surface area contributed by atoms with E-state index in [9.17, 15) is 9.59 Å². The molecule has 1 saturated heterocycles. The lowest BCUT2D eigenvalue weighted by Crippen LogP contribution is -2.36. The summed E-state index contributed by atoms with van der Waals surface area (Å²) in [6, 6.07) is 33.7. The average Bonchev–Trinajstić information content (AvgIpc) is 3.06. The second-order valence-electron chi connectivity index (χ2n) is 11.5. The molecule has 1 aliphatic rings. The van der Waals surface area contributed by atoms with Crippen LogP contribution in [0.3, 0.4) is 0 Å². The van der Waals surface area contributed by atoms with Crippen molar-refractivity contribution < 1.29 is 14.3 Å². The van der Waals surface area contributed by atoms with Gasteiger partial charge in [-0.15, -0.1) is 0 Å². The Hall–Kier alpha value is -4.58. The predicted octanol–water partition coefficient (Wildman–Crippen LogP) is 7.55. The fraction of sp³-hybridized carbons (Fsp3) is 0.316. The van der Waals surface area contributed by atoms with Gasteiger partial charge < -0.3 is 20.3 Å². The molecule has 1 aliphatic heterocycles. The molecule has 0 saturated carbocycles. The summed E-state index contributed by atoms with van der Waals surface area (Å²) in [4.78, 5) is 29.0. The molecule has 1 fully saturated rings. The number of benzene rings is 4. The molecule has 1 heterocycles. The van der Waals surface area contributed by atoms with Gasteiger partial charge in [0.1, 0.15) is 5.75 Å². The van der Waals surface area contributed by atoms with Gasteiger partial charge in [0.25, 0.3) is 11.8 Å². The van der Waals surface area contributed by atoms with Crippen molar-refractivity contribution >= 4 is 23.2 Å². The van der Waals surface area contributed by atoms with E-state index in [0.29, 0.717) is 35.9 Å². The van der Waals surface area contributed by atoms with E-state index < -0.39 is 0 Å². The summed E-state index contributed by atoms with van der Waals surface area (Å²) in [5.41, 5.74) is 5.17. The monoisotopic (exact) mass is 589 g/mol. The van der Waals surface area contributed by atoms with Gasteiger partial charge >= 0.3 is 0 Å². The second-order valence-corrected chi connectivity index (χ2v) is 11.5. The highest BCUT2D eigenvalue weighted by Gasteiger charge is 2.24. The number of amides is 2. The fourth-order valence-electron chi connectivity index (χ4n) is 5.70. The molecule has 0 unspecified atom stereocenters. The average molecular weight is 590 g/mol. The normalized spacial score (nSPS) is 13.3. The highest BCUT2D eigenvalue weighted by atomic mass is 16.5. The van der Waals surface area contributed by atoms with Crippen molar-refractivity contribution in [3.63, 3.8) is 0 Å². The lowest BCUT2D eigenvalue weighted by molar-refractivity contribution is 0.0953. The minimum atomic E-state index is -0.227. The first-order chi connectivity index (χ1) is 21.6. The van der Waals surface area contributed by atoms with Crippen LogP contribution >= 0.6 is 0 Å². The number of carbonyl (C=O) groups is 2. The van der Waals surface area contributed by atoms with E-state index in [1.165, 1.54) is 11.1 Å². The first-order valence-corrected chi connectivity index (χ1v) is 15.9. The zero-order valence-corrected chi connectivity index (χ0v) is 25.6. The molecule has 5 rings (SSSR count). The molecule has 0 spiro atoms. The standard InChI is InChI=1S/C38H43N3O3/c1-2-3-26-44-34-17-14-32(15-18-34)37(42)40-33-16-19-36(35(28-33)38(43)39-23-20-29-10-6-4-7-11-29)41-24-21-31(22-25-41)27-30-12-8-5-9-13-30/h4-19,28,31H,2-3,20-27H2,1H3,(H,39,43)(H,40,42). The zero-order valence-electron chi connectivity index (χ0n) is 25.6. The summed E-state index contributed by atoms with van der Waals surface area (Å²) >= 11 is 0. The van der Waals surface area contributed by atoms with E-state index in [-0.39, 0.29) is 11.8 Å². The summed E-state index contributed by atoms with van der Waals surface area (Å²) in [6.45, 7) is 5.10. The number of anilines is 2. The summed E-state index contributed by atoms with van der Waals surface area (Å²) in [5, 5.41) is 6.11. The van der Waals surface area contributed by atoms with Crippen LogP contribution in [0.25, 0.3) is 0 Å². The van der Waals surface area contributed by atoms with Gasteiger partial charge in [0.15, 0.2) is 0 Å². The molecule has 2 amide bonds. The van der Waals surface area contributed by atoms with Crippen molar-refractivity contribution in [1.29, 1.82) is 0 Å². The van der Waals surface area contributed by atoms with Gasteiger partial charge in [-0.05, 0) is 91.6 Å². The number of unbranched alkanes of at least 4 members (excludes halogenated alkanes) is 1. The van der Waals surface area contributed by atoms with Gasteiger partial charge in [0.05, 0.1) is 12.2 Å². The molecule has 0 bridgehead atoms. The number of hydrogen-bond acceptors (Lipinski definition) is 4. The predicted molar refractivity (Wildman–Crippen MR) is 179 cm³/mol. The number of rotatable bonds is 13. The van der Waals surface area contributed by atoms with Gasteiger partial charge in [-0.25, -0.2) is 0 Å². The van der Waals surface area contributed by atoms with E-state index >= 15 is 0 Å². The molecule has 4 aromatic carbocycles. The van der Waals surface area contributed by atoms with Crippen molar-refractivity contribution in [2.45, 2.75) is 45.4 Å². The van der Waals surface area contributed by atoms with Crippen LogP contribution in [0.5, 0.6) is 5.75 Å². The molecule has 2 N–H and O–H groups in total. The third-order valence-electron chi connectivity index (χ3n) is 8.25. The number of hydrogen-bond donors (Lipinski definition) is 2. The quantitative estimate of drug-likeness (QED) is 0.158. The molecule has 228 valence electrons. The second kappa shape index (κ2) is 15.8. The maximum absolute atomic E-state index is 13.6. The van der Waals surface area contributed by atoms with E-state index in [4.69, 9.17) is 4.74 Å². The number of ether oxygens (including phenoxy) is 1. The molecule has 0 atom stereocenters. The van der Waals surface area contributed by atoms with Crippen molar-refractivity contribution in [2.24, 2.45) is 5.92 Å². The maximum atomic E-state index is 13.6. The molecular formula is C38H43N3O3. The SMILES string of the molecule is CCCCOc1ccc(C(=O)Nc2ccc(N3CCC(Cc4ccccc4)CC3)c(C(=O)NCCc3ccccc3)c2)cc1. The summed E-state index contributed by atoms with van der Waals surface area (Å²) < 4.78 is 5.73. The summed E-state index contributed by atoms with van der Waals surface area (Å²) in [6.07, 6.45) is 6.03. The number of nitrogens with one attached hydrogen (secondary N) is 2. The Bertz CT molecular complexity index is 1480. The van der Waals surface area contributed by atoms with E-state index in [2.05, 4.69) is 64.9 Å². The number of carbonyl (C=O) groups excluding carboxylic acids is 2. The van der Waals surface area contributed by atoms with Crippen LogP contribution < -0.4 is 20.3 Å². The molecule has 44 heavy (non-hydrogen) atoms. The Morgan fingerprint density at radius 1 is 0.818 bits per heavy atom. The molecule has 6 nitrogen and oxygen atoms in total. The van der Waals surface area contributed by atoms with Gasteiger partial charge in [0.2, 0.25) is 0 Å². The van der Waals surface area contributed by atoms with Crippen molar-refractivity contribution in [2.75, 3.05) is 36.5 Å². The lowest BCUT2D eigenvalue weighted by Gasteiger charge is -2.35. The molecule has 6 heteroatoms. The van der Waals surface area contributed by atoms with E-state index in [1.807, 2.05) is 48.5 Å². The fourth-order valence-corrected chi connectivity index (χ4v) is 5.70. The third kappa shape index (κ3) is 8.73. The Labute approximate surface area is 261 Å². The zero-order chi connectivity index (χ0) is 30.6. The number of nitrogens with zero attached hydrogens (tertiary/aromatic N) is 1. The molecular weight excluding hydrogens is 546 g/mol. The van der Waals surface area contributed by atoms with Crippen molar-refractivity contribution in [3.8, 4) is 5.75 Å². The smallest absolute Gasteiger partial charge is 0.255 e. The Morgan fingerprint density at radius 3 is 2.18 bits per heavy atom. The molecule has 0 radical (unpaired) electrons. The van der Waals surface area contributed by atoms with Gasteiger partial charge in [-0.1, -0.05) is 74.0 Å². The topological polar surface area (TPSA) is 70.7 Å². The third-order valence-corrected chi connectivity index (χ3v) is 8.25. The van der Waals surface area contributed by atoms with Crippen LogP contribution in [-0.4, -0.2) is 38.1 Å². The van der Waals surface area contributed by atoms with Gasteiger partial charge in [-0.2, -0.15) is 0 Å². The van der Waals surface area contributed by atoms with Crippen molar-refractivity contribution in [3.05, 3.63) is 125 Å². The van der Waals surface area contributed by atoms with E-state index in [0.717, 1.165) is 63.1 Å². The minimum Gasteiger partial charge on any atom is -0.494 e. The van der Waals surface area contributed by atoms with Crippen LogP contribution in [-0.2, 0) is 12.8 Å². The minimum absolute atomic E-state index is 0.132. The Balaban J connectivity index is 1.27. The molecule has 4 aromatic rings. The Kier molecular flexibility index (Phi) is 11.1. The summed E-state index contributed by atoms with van der Waals surface area (Å²) in [5.74, 6) is 1.02. The van der Waals surface area contributed by atoms with Crippen molar-refractivity contribution in [1.82, 2.24) is 5.32 Å². The molecule has 0 aliphatic carbocycles. The summed E-state index contributed by atoms with van der Waals surface area (Å²) in [7, 11) is 0. The highest BCUT2D eigenvalue weighted by Crippen LogP contribution is 2.30. The lowest BCUT2D eigenvalue weighted by atomic mass is 9.89. The van der Waals surface area contributed by atoms with Gasteiger partial charge in [-0.3, -0.25) is 9.59 Å². The van der Waals surface area contributed by atoms with Crippen LogP contribution in [0.1, 0.15) is 64.4 Å². The first kappa shape index (κ1) is 30.9. The first-order valence-electron chi connectivity index (χ1n) is 15.9. The van der Waals surface area contributed by atoms with Crippen LogP contribution in [0, 0.1) is 5.92 Å². The van der Waals surface area contributed by atoms with Crippen LogP contribution in [0.4, 0.5) is 11.4 Å². The van der Waals surface area contributed by atoms with E-state index in [1.54, 1.807) is 12.1 Å². The number of piperidine rings is 1. The van der Waals surface area contributed by atoms with Crippen LogP contribution in [0.15, 0.2) is 103 Å². The maximum Gasteiger partial charge on any atom is 0.255 e. The molecule has 0 aromatic heterocycles. The highest BCUT2D eigenvalue weighted by molar-refractivity contribution is 6.06. The van der Waals surface area contributed by atoms with Gasteiger partial charge in [0, 0.05) is 36.6 Å². The van der Waals surface area contributed by atoms with Crippen LogP contribution in [0.2, 0.25) is 0 Å². The Morgan fingerprint density at radius 2 is 1.50 bits per heavy atom. The largest absolute Gasteiger partial charge is 0.494 e.